The van der Waals surface area contributed by atoms with Crippen LogP contribution in [0.4, 0.5) is 0 Å². The zero-order chi connectivity index (χ0) is 20.7. The van der Waals surface area contributed by atoms with Crippen LogP contribution < -0.4 is 0 Å². The van der Waals surface area contributed by atoms with E-state index in [-0.39, 0.29) is 12.4 Å². The van der Waals surface area contributed by atoms with Crippen molar-refractivity contribution >= 4 is 12.0 Å². The van der Waals surface area contributed by atoms with Gasteiger partial charge in [-0.1, -0.05) is 12.1 Å². The molecule has 0 saturated carbocycles. The Hall–Kier alpha value is -2.05. The van der Waals surface area contributed by atoms with Gasteiger partial charge in [0, 0.05) is 6.08 Å². The molecule has 1 aliphatic rings. The number of carbonyl (C=O) groups excluding carboxylic acids is 1. The van der Waals surface area contributed by atoms with Gasteiger partial charge in [-0.3, -0.25) is 0 Å². The van der Waals surface area contributed by atoms with Gasteiger partial charge >= 0.3 is 5.97 Å². The average molecular weight is 400 g/mol. The summed E-state index contributed by atoms with van der Waals surface area (Å²) in [6.07, 6.45) is -5.84. The van der Waals surface area contributed by atoms with Crippen LogP contribution in [0.5, 0.6) is 5.75 Å². The number of aromatic hydroxyl groups is 1. The minimum absolute atomic E-state index is 0.0934. The summed E-state index contributed by atoms with van der Waals surface area (Å²) in [5.41, 5.74) is 0.658. The smallest absolute Gasteiger partial charge is 0.330 e. The molecule has 1 aromatic rings. The molecule has 0 unspecified atom stereocenters. The van der Waals surface area contributed by atoms with Crippen LogP contribution in [-0.2, 0) is 19.0 Å². The van der Waals surface area contributed by atoms with E-state index in [0.717, 1.165) is 6.08 Å². The molecule has 6 atom stereocenters. The van der Waals surface area contributed by atoms with Gasteiger partial charge in [-0.05, 0) is 23.8 Å². The lowest BCUT2D eigenvalue weighted by Crippen LogP contribution is -2.60. The number of aliphatic hydroxyl groups excluding tert-OH is 5. The highest BCUT2D eigenvalue weighted by molar-refractivity contribution is 5.87. The van der Waals surface area contributed by atoms with Gasteiger partial charge in [-0.2, -0.15) is 0 Å². The maximum absolute atomic E-state index is 11.8. The van der Waals surface area contributed by atoms with E-state index in [0.29, 0.717) is 5.56 Å². The SMILES string of the molecule is O=C(/C=C/c1ccc(O)cc1)OC[C@H](CO)O[C@H]1O[C@H](CO)[C@@H](O)[C@H](O)[C@H]1O. The Morgan fingerprint density at radius 2 is 1.79 bits per heavy atom. The van der Waals surface area contributed by atoms with E-state index in [1.807, 2.05) is 0 Å². The number of rotatable bonds is 8. The van der Waals surface area contributed by atoms with Gasteiger partial charge in [0.25, 0.3) is 0 Å². The number of esters is 1. The van der Waals surface area contributed by atoms with Gasteiger partial charge in [0.2, 0.25) is 0 Å². The third-order valence-corrected chi connectivity index (χ3v) is 4.10. The van der Waals surface area contributed by atoms with Gasteiger partial charge in [-0.15, -0.1) is 0 Å². The van der Waals surface area contributed by atoms with Crippen molar-refractivity contribution in [2.45, 2.75) is 36.8 Å². The fourth-order valence-electron chi connectivity index (χ4n) is 2.48. The average Bonchev–Trinajstić information content (AvgIpc) is 2.70. The van der Waals surface area contributed by atoms with Crippen LogP contribution in [0.3, 0.4) is 0 Å². The van der Waals surface area contributed by atoms with Crippen molar-refractivity contribution in [3.05, 3.63) is 35.9 Å². The Balaban J connectivity index is 1.86. The molecule has 6 N–H and O–H groups in total. The molecule has 0 amide bonds. The lowest BCUT2D eigenvalue weighted by molar-refractivity contribution is -0.315. The van der Waals surface area contributed by atoms with Crippen LogP contribution in [0.2, 0.25) is 0 Å². The van der Waals surface area contributed by atoms with E-state index >= 15 is 0 Å². The molecule has 1 aromatic carbocycles. The van der Waals surface area contributed by atoms with Gasteiger partial charge < -0.3 is 44.8 Å². The lowest BCUT2D eigenvalue weighted by atomic mass is 9.99. The second-order valence-corrected chi connectivity index (χ2v) is 6.19. The summed E-state index contributed by atoms with van der Waals surface area (Å²) in [5.74, 6) is -0.625. The molecule has 10 nitrogen and oxygen atoms in total. The molecule has 0 bridgehead atoms. The number of ether oxygens (including phenoxy) is 3. The predicted octanol–water partition coefficient (Wildman–Crippen LogP) is -1.87. The molecular formula is C18H24O10. The summed E-state index contributed by atoms with van der Waals surface area (Å²) in [6, 6.07) is 6.11. The number of carbonyl (C=O) groups is 1. The first-order chi connectivity index (χ1) is 13.3. The maximum Gasteiger partial charge on any atom is 0.330 e. The highest BCUT2D eigenvalue weighted by atomic mass is 16.7. The molecule has 1 saturated heterocycles. The van der Waals surface area contributed by atoms with E-state index in [2.05, 4.69) is 0 Å². The maximum atomic E-state index is 11.8. The summed E-state index contributed by atoms with van der Waals surface area (Å²) in [4.78, 5) is 11.8. The van der Waals surface area contributed by atoms with E-state index < -0.39 is 56.0 Å². The van der Waals surface area contributed by atoms with E-state index in [1.54, 1.807) is 12.1 Å². The highest BCUT2D eigenvalue weighted by Gasteiger charge is 2.44. The Morgan fingerprint density at radius 3 is 2.39 bits per heavy atom. The quantitative estimate of drug-likeness (QED) is 0.215. The van der Waals surface area contributed by atoms with Crippen molar-refractivity contribution in [2.24, 2.45) is 0 Å². The molecule has 1 heterocycles. The first-order valence-corrected chi connectivity index (χ1v) is 8.56. The van der Waals surface area contributed by atoms with Gasteiger partial charge in [0.1, 0.15) is 42.9 Å². The first-order valence-electron chi connectivity index (χ1n) is 8.56. The molecular weight excluding hydrogens is 376 g/mol. The molecule has 0 aromatic heterocycles. The summed E-state index contributed by atoms with van der Waals surface area (Å²) in [7, 11) is 0. The Kier molecular flexibility index (Phi) is 8.33. The molecule has 2 rings (SSSR count). The molecule has 0 radical (unpaired) electrons. The van der Waals surface area contributed by atoms with Crippen molar-refractivity contribution in [1.29, 1.82) is 0 Å². The van der Waals surface area contributed by atoms with Crippen molar-refractivity contribution in [2.75, 3.05) is 19.8 Å². The number of phenolic OH excluding ortho intramolecular Hbond substituents is 1. The van der Waals surface area contributed by atoms with Crippen LogP contribution >= 0.6 is 0 Å². The minimum Gasteiger partial charge on any atom is -0.508 e. The molecule has 28 heavy (non-hydrogen) atoms. The van der Waals surface area contributed by atoms with Crippen LogP contribution in [0.1, 0.15) is 5.56 Å². The Morgan fingerprint density at radius 1 is 1.11 bits per heavy atom. The van der Waals surface area contributed by atoms with Crippen LogP contribution in [0.15, 0.2) is 30.3 Å². The van der Waals surface area contributed by atoms with Gasteiger partial charge in [0.05, 0.1) is 13.2 Å². The third-order valence-electron chi connectivity index (χ3n) is 4.10. The van der Waals surface area contributed by atoms with Crippen molar-refractivity contribution in [3.8, 4) is 5.75 Å². The number of phenols is 1. The summed E-state index contributed by atoms with van der Waals surface area (Å²) in [6.45, 7) is -1.57. The fourth-order valence-corrected chi connectivity index (χ4v) is 2.48. The summed E-state index contributed by atoms with van der Waals surface area (Å²) < 4.78 is 15.4. The van der Waals surface area contributed by atoms with E-state index in [4.69, 9.17) is 19.3 Å². The standard InChI is InChI=1S/C18H24O10/c19-7-12(27-18-17(25)16(24)15(23)13(8-20)28-18)9-26-14(22)6-3-10-1-4-11(21)5-2-10/h1-6,12-13,15-21,23-25H,7-9H2/b6-3+/t12-,13+,15+,16-,17+,18-/m0/s1. The van der Waals surface area contributed by atoms with Gasteiger partial charge in [0.15, 0.2) is 6.29 Å². The number of aliphatic hydroxyl groups is 5. The monoisotopic (exact) mass is 400 g/mol. The summed E-state index contributed by atoms with van der Waals surface area (Å²) >= 11 is 0. The fraction of sp³-hybridized carbons (Fsp3) is 0.500. The zero-order valence-corrected chi connectivity index (χ0v) is 14.9. The zero-order valence-electron chi connectivity index (χ0n) is 14.9. The van der Waals surface area contributed by atoms with Gasteiger partial charge in [-0.25, -0.2) is 4.79 Å². The molecule has 0 spiro atoms. The molecule has 156 valence electrons. The third kappa shape index (κ3) is 5.97. The normalized spacial score (nSPS) is 29.0. The number of hydrogen-bond acceptors (Lipinski definition) is 10. The number of hydrogen-bond donors (Lipinski definition) is 6. The van der Waals surface area contributed by atoms with Crippen LogP contribution in [-0.4, -0.2) is 93.2 Å². The topological polar surface area (TPSA) is 166 Å². The molecule has 1 aliphatic heterocycles. The highest BCUT2D eigenvalue weighted by Crippen LogP contribution is 2.23. The van der Waals surface area contributed by atoms with Crippen molar-refractivity contribution in [3.63, 3.8) is 0 Å². The Labute approximate surface area is 160 Å². The minimum atomic E-state index is -1.63. The second-order valence-electron chi connectivity index (χ2n) is 6.19. The first kappa shape index (κ1) is 22.2. The largest absolute Gasteiger partial charge is 0.508 e. The van der Waals surface area contributed by atoms with Crippen molar-refractivity contribution < 1.29 is 49.6 Å². The molecule has 10 heteroatoms. The van der Waals surface area contributed by atoms with Crippen LogP contribution in [0, 0.1) is 0 Å². The second kappa shape index (κ2) is 10.5. The van der Waals surface area contributed by atoms with E-state index in [1.165, 1.54) is 18.2 Å². The Bertz CT molecular complexity index is 644. The number of benzene rings is 1. The lowest BCUT2D eigenvalue weighted by Gasteiger charge is -2.40. The molecule has 0 aliphatic carbocycles. The van der Waals surface area contributed by atoms with E-state index in [9.17, 15) is 30.3 Å². The molecule has 1 fully saturated rings. The van der Waals surface area contributed by atoms with Crippen molar-refractivity contribution in [1.82, 2.24) is 0 Å². The summed E-state index contributed by atoms with van der Waals surface area (Å²) in [5, 5.41) is 57.1. The predicted molar refractivity (Wildman–Crippen MR) is 93.8 cm³/mol. The van der Waals surface area contributed by atoms with Crippen LogP contribution in [0.25, 0.3) is 6.08 Å².